The number of nitriles is 1. The highest BCUT2D eigenvalue weighted by Crippen LogP contribution is 2.18. The number of rotatable bonds is 1. The van der Waals surface area contributed by atoms with Crippen LogP contribution in [0.4, 0.5) is 4.79 Å². The minimum absolute atomic E-state index is 0.0695. The Morgan fingerprint density at radius 2 is 2.19 bits per heavy atom. The van der Waals surface area contributed by atoms with Crippen molar-refractivity contribution in [1.82, 2.24) is 15.5 Å². The predicted molar refractivity (Wildman–Crippen MR) is 59.8 cm³/mol. The molecule has 1 aliphatic heterocycles. The van der Waals surface area contributed by atoms with E-state index >= 15 is 0 Å². The summed E-state index contributed by atoms with van der Waals surface area (Å²) in [6.45, 7) is 1.97. The lowest BCUT2D eigenvalue weighted by Gasteiger charge is -2.32. The second-order valence-electron chi connectivity index (χ2n) is 4.47. The second kappa shape index (κ2) is 5.17. The van der Waals surface area contributed by atoms with Gasteiger partial charge in [0.05, 0.1) is 6.07 Å². The fourth-order valence-corrected chi connectivity index (χ4v) is 2.39. The number of carbonyl (C=O) groups is 1. The van der Waals surface area contributed by atoms with Crippen LogP contribution in [0.15, 0.2) is 0 Å². The van der Waals surface area contributed by atoms with E-state index in [1.807, 2.05) is 0 Å². The van der Waals surface area contributed by atoms with Gasteiger partial charge in [-0.05, 0) is 12.8 Å². The molecule has 1 atom stereocenters. The number of hydrogen-bond donors (Lipinski definition) is 2. The van der Waals surface area contributed by atoms with Crippen LogP contribution in [-0.4, -0.2) is 42.6 Å². The average Bonchev–Trinajstić information content (AvgIpc) is 2.81. The van der Waals surface area contributed by atoms with Crippen molar-refractivity contribution in [3.63, 3.8) is 0 Å². The van der Waals surface area contributed by atoms with Gasteiger partial charge in [-0.25, -0.2) is 4.79 Å². The standard InChI is InChI=1S/C11H18N4O/c12-7-10-8-13-5-6-15(10)11(16)14-9-3-1-2-4-9/h9-10,13H,1-6,8H2,(H,14,16). The molecular weight excluding hydrogens is 204 g/mol. The molecule has 0 bridgehead atoms. The van der Waals surface area contributed by atoms with E-state index in [1.165, 1.54) is 12.8 Å². The Morgan fingerprint density at radius 1 is 1.44 bits per heavy atom. The van der Waals surface area contributed by atoms with Crippen LogP contribution in [-0.2, 0) is 0 Å². The van der Waals surface area contributed by atoms with Crippen molar-refractivity contribution >= 4 is 6.03 Å². The van der Waals surface area contributed by atoms with Crippen molar-refractivity contribution in [3.05, 3.63) is 0 Å². The van der Waals surface area contributed by atoms with Gasteiger partial charge in [-0.2, -0.15) is 5.26 Å². The largest absolute Gasteiger partial charge is 0.335 e. The molecule has 0 spiro atoms. The molecule has 0 aromatic heterocycles. The summed E-state index contributed by atoms with van der Waals surface area (Å²) in [7, 11) is 0. The van der Waals surface area contributed by atoms with Gasteiger partial charge in [-0.3, -0.25) is 0 Å². The highest BCUT2D eigenvalue weighted by Gasteiger charge is 2.28. The monoisotopic (exact) mass is 222 g/mol. The first kappa shape index (κ1) is 11.2. The Bertz CT molecular complexity index is 293. The van der Waals surface area contributed by atoms with E-state index in [0.717, 1.165) is 19.4 Å². The number of piperazine rings is 1. The van der Waals surface area contributed by atoms with Gasteiger partial charge in [-0.15, -0.1) is 0 Å². The Kier molecular flexibility index (Phi) is 3.62. The molecule has 5 heteroatoms. The van der Waals surface area contributed by atoms with Crippen molar-refractivity contribution in [2.24, 2.45) is 0 Å². The summed E-state index contributed by atoms with van der Waals surface area (Å²) in [5, 5.41) is 15.1. The number of nitrogens with one attached hydrogen (secondary N) is 2. The first-order chi connectivity index (χ1) is 7.81. The SMILES string of the molecule is N#CC1CNCCN1C(=O)NC1CCCC1. The molecule has 1 unspecified atom stereocenters. The van der Waals surface area contributed by atoms with Gasteiger partial charge in [-0.1, -0.05) is 12.8 Å². The van der Waals surface area contributed by atoms with E-state index in [1.54, 1.807) is 4.90 Å². The van der Waals surface area contributed by atoms with Crippen molar-refractivity contribution in [3.8, 4) is 6.07 Å². The average molecular weight is 222 g/mol. The van der Waals surface area contributed by atoms with Gasteiger partial charge in [0, 0.05) is 25.7 Å². The first-order valence-electron chi connectivity index (χ1n) is 5.98. The van der Waals surface area contributed by atoms with Crippen molar-refractivity contribution < 1.29 is 4.79 Å². The molecule has 2 N–H and O–H groups in total. The summed E-state index contributed by atoms with van der Waals surface area (Å²) in [5.41, 5.74) is 0. The maximum atomic E-state index is 12.0. The Morgan fingerprint density at radius 3 is 2.88 bits per heavy atom. The Balaban J connectivity index is 1.89. The molecule has 0 aromatic rings. The van der Waals surface area contributed by atoms with Crippen LogP contribution in [0.3, 0.4) is 0 Å². The fourth-order valence-electron chi connectivity index (χ4n) is 2.39. The van der Waals surface area contributed by atoms with Gasteiger partial charge in [0.2, 0.25) is 0 Å². The van der Waals surface area contributed by atoms with E-state index in [-0.39, 0.29) is 12.1 Å². The predicted octanol–water partition coefficient (Wildman–Crippen LogP) is 0.436. The molecule has 1 heterocycles. The maximum absolute atomic E-state index is 12.0. The third kappa shape index (κ3) is 2.45. The number of nitrogens with zero attached hydrogens (tertiary/aromatic N) is 2. The van der Waals surface area contributed by atoms with Gasteiger partial charge in [0.15, 0.2) is 0 Å². The molecule has 2 rings (SSSR count). The van der Waals surface area contributed by atoms with Crippen LogP contribution < -0.4 is 10.6 Å². The summed E-state index contributed by atoms with van der Waals surface area (Å²) in [6.07, 6.45) is 4.56. The summed E-state index contributed by atoms with van der Waals surface area (Å²) in [4.78, 5) is 13.6. The highest BCUT2D eigenvalue weighted by atomic mass is 16.2. The minimum Gasteiger partial charge on any atom is -0.335 e. The summed E-state index contributed by atoms with van der Waals surface area (Å²) in [6, 6.07) is 2.09. The molecule has 2 fully saturated rings. The molecular formula is C11H18N4O. The quantitative estimate of drug-likeness (QED) is 0.676. The van der Waals surface area contributed by atoms with E-state index in [9.17, 15) is 4.79 Å². The van der Waals surface area contributed by atoms with Crippen molar-refractivity contribution in [1.29, 1.82) is 5.26 Å². The highest BCUT2D eigenvalue weighted by molar-refractivity contribution is 5.75. The lowest BCUT2D eigenvalue weighted by Crippen LogP contribution is -2.57. The van der Waals surface area contributed by atoms with Crippen molar-refractivity contribution in [2.45, 2.75) is 37.8 Å². The summed E-state index contributed by atoms with van der Waals surface area (Å²) >= 11 is 0. The van der Waals surface area contributed by atoms with Gasteiger partial charge < -0.3 is 15.5 Å². The Labute approximate surface area is 95.8 Å². The third-order valence-corrected chi connectivity index (χ3v) is 3.34. The van der Waals surface area contributed by atoms with Crippen LogP contribution in [0.1, 0.15) is 25.7 Å². The first-order valence-corrected chi connectivity index (χ1v) is 5.98. The van der Waals surface area contributed by atoms with Gasteiger partial charge in [0.25, 0.3) is 0 Å². The molecule has 0 aromatic carbocycles. The number of carbonyl (C=O) groups excluding carboxylic acids is 1. The zero-order chi connectivity index (χ0) is 11.4. The van der Waals surface area contributed by atoms with Gasteiger partial charge in [0.1, 0.15) is 6.04 Å². The van der Waals surface area contributed by atoms with Crippen LogP contribution in [0.2, 0.25) is 0 Å². The lowest BCUT2D eigenvalue weighted by atomic mass is 10.2. The zero-order valence-electron chi connectivity index (χ0n) is 9.41. The maximum Gasteiger partial charge on any atom is 0.318 e. The summed E-state index contributed by atoms with van der Waals surface area (Å²) in [5.74, 6) is 0. The molecule has 2 amide bonds. The van der Waals surface area contributed by atoms with E-state index in [0.29, 0.717) is 19.1 Å². The lowest BCUT2D eigenvalue weighted by molar-refractivity contribution is 0.171. The number of hydrogen-bond acceptors (Lipinski definition) is 3. The molecule has 5 nitrogen and oxygen atoms in total. The normalized spacial score (nSPS) is 26.4. The van der Waals surface area contributed by atoms with Crippen LogP contribution in [0.25, 0.3) is 0 Å². The molecule has 2 aliphatic rings. The number of urea groups is 1. The Hall–Kier alpha value is -1.28. The van der Waals surface area contributed by atoms with Gasteiger partial charge >= 0.3 is 6.03 Å². The van der Waals surface area contributed by atoms with Crippen LogP contribution >= 0.6 is 0 Å². The molecule has 0 radical (unpaired) electrons. The summed E-state index contributed by atoms with van der Waals surface area (Å²) < 4.78 is 0. The van der Waals surface area contributed by atoms with E-state index < -0.39 is 0 Å². The molecule has 1 saturated heterocycles. The van der Waals surface area contributed by atoms with E-state index in [4.69, 9.17) is 5.26 Å². The fraction of sp³-hybridized carbons (Fsp3) is 0.818. The second-order valence-corrected chi connectivity index (χ2v) is 4.47. The zero-order valence-corrected chi connectivity index (χ0v) is 9.41. The number of amides is 2. The molecule has 16 heavy (non-hydrogen) atoms. The molecule has 88 valence electrons. The van der Waals surface area contributed by atoms with Crippen molar-refractivity contribution in [2.75, 3.05) is 19.6 Å². The smallest absolute Gasteiger partial charge is 0.318 e. The molecule has 1 saturated carbocycles. The van der Waals surface area contributed by atoms with Crippen LogP contribution in [0.5, 0.6) is 0 Å². The van der Waals surface area contributed by atoms with Crippen LogP contribution in [0, 0.1) is 11.3 Å². The van der Waals surface area contributed by atoms with E-state index in [2.05, 4.69) is 16.7 Å². The minimum atomic E-state index is -0.324. The third-order valence-electron chi connectivity index (χ3n) is 3.34. The topological polar surface area (TPSA) is 68.2 Å². The molecule has 1 aliphatic carbocycles.